The zero-order valence-electron chi connectivity index (χ0n) is 17.3. The molecule has 0 bridgehead atoms. The van der Waals surface area contributed by atoms with Crippen LogP contribution in [0.3, 0.4) is 0 Å². The number of ketones is 1. The van der Waals surface area contributed by atoms with Gasteiger partial charge in [0.25, 0.3) is 0 Å². The first kappa shape index (κ1) is 23.5. The number of anilines is 1. The minimum atomic E-state index is -0.787. The Morgan fingerprint density at radius 2 is 1.97 bits per heavy atom. The standard InChI is InChI=1S/C24H18Cl2FN3O2S/c25-17-4-1-3-15(23(17)26)21-16(11-28)24(30-18-5-2-6-19(31)22(18)21)33-12-20(32)29-14-9-7-13(27)8-10-14/h1,3-4,7-10,16,21H,2,5-6,12H2,(H,29,32)/t16?,21-/m1/s1. The number of nitriles is 1. The predicted octanol–water partition coefficient (Wildman–Crippen LogP) is 6.15. The summed E-state index contributed by atoms with van der Waals surface area (Å²) in [6.07, 6.45) is 1.68. The van der Waals surface area contributed by atoms with Crippen molar-refractivity contribution < 1.29 is 14.0 Å². The quantitative estimate of drug-likeness (QED) is 0.544. The van der Waals surface area contributed by atoms with Gasteiger partial charge in [-0.25, -0.2) is 9.38 Å². The first-order chi connectivity index (χ1) is 15.9. The maximum atomic E-state index is 13.1. The van der Waals surface area contributed by atoms with E-state index in [4.69, 9.17) is 23.2 Å². The Kier molecular flexibility index (Phi) is 7.18. The lowest BCUT2D eigenvalue weighted by molar-refractivity contribution is -0.116. The molecular weight excluding hydrogens is 484 g/mol. The summed E-state index contributed by atoms with van der Waals surface area (Å²) in [6.45, 7) is 0. The topological polar surface area (TPSA) is 82.3 Å². The number of Topliss-reactive ketones (excluding diaryl/α,β-unsaturated/α-hetero) is 1. The molecule has 1 N–H and O–H groups in total. The van der Waals surface area contributed by atoms with Crippen LogP contribution in [0.5, 0.6) is 0 Å². The molecule has 4 rings (SSSR count). The van der Waals surface area contributed by atoms with Gasteiger partial charge >= 0.3 is 0 Å². The highest BCUT2D eigenvalue weighted by molar-refractivity contribution is 8.14. The van der Waals surface area contributed by atoms with Crippen molar-refractivity contribution in [3.63, 3.8) is 0 Å². The number of benzene rings is 2. The van der Waals surface area contributed by atoms with Crippen LogP contribution in [0.2, 0.25) is 10.0 Å². The summed E-state index contributed by atoms with van der Waals surface area (Å²) in [7, 11) is 0. The Morgan fingerprint density at radius 1 is 1.21 bits per heavy atom. The highest BCUT2D eigenvalue weighted by Crippen LogP contribution is 2.47. The van der Waals surface area contributed by atoms with E-state index in [1.807, 2.05) is 0 Å². The van der Waals surface area contributed by atoms with Gasteiger partial charge < -0.3 is 5.32 Å². The van der Waals surface area contributed by atoms with Crippen molar-refractivity contribution in [3.8, 4) is 6.07 Å². The zero-order valence-corrected chi connectivity index (χ0v) is 19.6. The Morgan fingerprint density at radius 3 is 2.70 bits per heavy atom. The number of hydrogen-bond acceptors (Lipinski definition) is 5. The summed E-state index contributed by atoms with van der Waals surface area (Å²) in [5.74, 6) is -2.15. The maximum absolute atomic E-state index is 13.1. The lowest BCUT2D eigenvalue weighted by atomic mass is 9.74. The van der Waals surface area contributed by atoms with E-state index in [0.717, 1.165) is 11.8 Å². The van der Waals surface area contributed by atoms with E-state index in [9.17, 15) is 19.2 Å². The molecule has 33 heavy (non-hydrogen) atoms. The highest BCUT2D eigenvalue weighted by atomic mass is 35.5. The van der Waals surface area contributed by atoms with Crippen LogP contribution in [0, 0.1) is 23.1 Å². The SMILES string of the molecule is N#CC1C(SCC(=O)Nc2ccc(F)cc2)=NC2=C(C(=O)CCC2)[C@@H]1c1cccc(Cl)c1Cl. The monoisotopic (exact) mass is 501 g/mol. The molecule has 1 aliphatic carbocycles. The molecule has 2 aliphatic rings. The van der Waals surface area contributed by atoms with Gasteiger partial charge in [0.2, 0.25) is 5.91 Å². The van der Waals surface area contributed by atoms with Gasteiger partial charge in [0.05, 0.1) is 26.9 Å². The molecule has 5 nitrogen and oxygen atoms in total. The van der Waals surface area contributed by atoms with Crippen molar-refractivity contribution in [2.75, 3.05) is 11.1 Å². The van der Waals surface area contributed by atoms with Crippen LogP contribution in [0.1, 0.15) is 30.7 Å². The van der Waals surface area contributed by atoms with Crippen molar-refractivity contribution in [3.05, 3.63) is 75.2 Å². The largest absolute Gasteiger partial charge is 0.325 e. The molecule has 1 unspecified atom stereocenters. The third-order valence-corrected chi connectivity index (χ3v) is 7.40. The van der Waals surface area contributed by atoms with E-state index in [1.165, 1.54) is 24.3 Å². The van der Waals surface area contributed by atoms with Gasteiger partial charge in [-0.3, -0.25) is 9.59 Å². The molecule has 0 radical (unpaired) electrons. The minimum absolute atomic E-state index is 0.000940. The molecule has 1 aliphatic heterocycles. The predicted molar refractivity (Wildman–Crippen MR) is 129 cm³/mol. The van der Waals surface area contributed by atoms with Crippen LogP contribution >= 0.6 is 35.0 Å². The van der Waals surface area contributed by atoms with Gasteiger partial charge in [-0.1, -0.05) is 47.1 Å². The van der Waals surface area contributed by atoms with Gasteiger partial charge in [0.1, 0.15) is 11.7 Å². The van der Waals surface area contributed by atoms with Crippen LogP contribution in [0.4, 0.5) is 10.1 Å². The summed E-state index contributed by atoms with van der Waals surface area (Å²) in [5, 5.41) is 13.9. The summed E-state index contributed by atoms with van der Waals surface area (Å²) in [5.41, 5.74) is 2.22. The molecule has 2 aromatic rings. The van der Waals surface area contributed by atoms with E-state index < -0.39 is 17.7 Å². The number of nitrogens with one attached hydrogen (secondary N) is 1. The summed E-state index contributed by atoms with van der Waals surface area (Å²) >= 11 is 13.9. The number of thioether (sulfide) groups is 1. The van der Waals surface area contributed by atoms with E-state index in [1.54, 1.807) is 18.2 Å². The van der Waals surface area contributed by atoms with Crippen molar-refractivity contribution in [1.82, 2.24) is 0 Å². The molecule has 9 heteroatoms. The van der Waals surface area contributed by atoms with Crippen LogP contribution in [0.15, 0.2) is 58.7 Å². The summed E-state index contributed by atoms with van der Waals surface area (Å²) < 4.78 is 13.1. The van der Waals surface area contributed by atoms with Gasteiger partial charge in [0.15, 0.2) is 5.78 Å². The third-order valence-electron chi connectivity index (χ3n) is 5.52. The number of amides is 1. The molecule has 0 fully saturated rings. The average molecular weight is 502 g/mol. The Labute approximate surface area is 204 Å². The van der Waals surface area contributed by atoms with Gasteiger partial charge in [-0.05, 0) is 48.7 Å². The molecule has 2 aromatic carbocycles. The lowest BCUT2D eigenvalue weighted by Crippen LogP contribution is -2.31. The van der Waals surface area contributed by atoms with Gasteiger partial charge in [0, 0.05) is 29.3 Å². The number of halogens is 3. The van der Waals surface area contributed by atoms with Crippen LogP contribution < -0.4 is 5.32 Å². The Bertz CT molecular complexity index is 1220. The molecule has 1 heterocycles. The van der Waals surface area contributed by atoms with Gasteiger partial charge in [-0.2, -0.15) is 5.26 Å². The van der Waals surface area contributed by atoms with Crippen molar-refractivity contribution in [2.24, 2.45) is 10.9 Å². The fourth-order valence-corrected chi connectivity index (χ4v) is 5.36. The molecule has 0 spiro atoms. The van der Waals surface area contributed by atoms with E-state index in [2.05, 4.69) is 16.4 Å². The third kappa shape index (κ3) is 4.98. The Balaban J connectivity index is 1.63. The van der Waals surface area contributed by atoms with E-state index >= 15 is 0 Å². The number of aliphatic imine (C=N–C) groups is 1. The minimum Gasteiger partial charge on any atom is -0.325 e. The number of allylic oxidation sites excluding steroid dienone is 2. The van der Waals surface area contributed by atoms with Crippen LogP contribution in [-0.2, 0) is 9.59 Å². The van der Waals surface area contributed by atoms with Gasteiger partial charge in [-0.15, -0.1) is 0 Å². The molecule has 168 valence electrons. The van der Waals surface area contributed by atoms with E-state index in [-0.39, 0.29) is 17.4 Å². The fourth-order valence-electron chi connectivity index (χ4n) is 4.04. The van der Waals surface area contributed by atoms with Crippen molar-refractivity contribution in [1.29, 1.82) is 5.26 Å². The zero-order chi connectivity index (χ0) is 23.5. The molecule has 2 atom stereocenters. The first-order valence-electron chi connectivity index (χ1n) is 10.3. The summed E-state index contributed by atoms with van der Waals surface area (Å²) in [4.78, 5) is 29.9. The highest BCUT2D eigenvalue weighted by Gasteiger charge is 2.41. The number of carbonyl (C=O) groups is 2. The number of hydrogen-bond donors (Lipinski definition) is 1. The van der Waals surface area contributed by atoms with Crippen LogP contribution in [0.25, 0.3) is 0 Å². The van der Waals surface area contributed by atoms with Crippen molar-refractivity contribution in [2.45, 2.75) is 25.2 Å². The normalized spacial score (nSPS) is 20.1. The Hall–Kier alpha value is -2.66. The average Bonchev–Trinajstić information content (AvgIpc) is 2.80. The molecule has 1 amide bonds. The second-order valence-corrected chi connectivity index (χ2v) is 9.44. The lowest BCUT2D eigenvalue weighted by Gasteiger charge is -2.33. The number of rotatable bonds is 4. The van der Waals surface area contributed by atoms with Crippen molar-refractivity contribution >= 4 is 57.4 Å². The molecule has 0 saturated carbocycles. The number of nitrogens with zero attached hydrogens (tertiary/aromatic N) is 2. The second kappa shape index (κ2) is 10.1. The summed E-state index contributed by atoms with van der Waals surface area (Å²) in [6, 6.07) is 12.9. The fraction of sp³-hybridized carbons (Fsp3) is 0.250. The van der Waals surface area contributed by atoms with E-state index in [0.29, 0.717) is 56.9 Å². The molecule has 0 aromatic heterocycles. The second-order valence-electron chi connectivity index (χ2n) is 7.66. The first-order valence-corrected chi connectivity index (χ1v) is 12.0. The maximum Gasteiger partial charge on any atom is 0.234 e. The van der Waals surface area contributed by atoms with Crippen LogP contribution in [-0.4, -0.2) is 22.5 Å². The smallest absolute Gasteiger partial charge is 0.234 e. The molecular formula is C24H18Cl2FN3O2S. The molecule has 0 saturated heterocycles. The number of carbonyl (C=O) groups excluding carboxylic acids is 2.